The Labute approximate surface area is 198 Å². The van der Waals surface area contributed by atoms with Crippen LogP contribution in [0.5, 0.6) is 0 Å². The zero-order valence-electron chi connectivity index (χ0n) is 18.1. The third kappa shape index (κ3) is 3.55. The number of benzene rings is 4. The first kappa shape index (κ1) is 21.8. The van der Waals surface area contributed by atoms with Gasteiger partial charge in [-0.05, 0) is 28.3 Å². The average Bonchev–Trinajstić information content (AvgIpc) is 2.90. The van der Waals surface area contributed by atoms with Crippen LogP contribution in [-0.4, -0.2) is 28.1 Å². The molecule has 4 aromatic carbocycles. The van der Waals surface area contributed by atoms with Gasteiger partial charge in [-0.15, -0.1) is 0 Å². The van der Waals surface area contributed by atoms with E-state index in [9.17, 15) is 29.3 Å². The Morgan fingerprint density at radius 1 is 0.429 bits per heavy atom. The summed E-state index contributed by atoms with van der Waals surface area (Å²) in [5, 5.41) is 10.7. The van der Waals surface area contributed by atoms with Crippen molar-refractivity contribution >= 4 is 28.8 Å². The quantitative estimate of drug-likeness (QED) is 0.214. The van der Waals surface area contributed by atoms with E-state index >= 15 is 0 Å². The zero-order chi connectivity index (χ0) is 24.7. The van der Waals surface area contributed by atoms with Crippen molar-refractivity contribution in [2.45, 2.75) is 0 Å². The lowest BCUT2D eigenvalue weighted by Gasteiger charge is -2.17. The predicted octanol–water partition coefficient (Wildman–Crippen LogP) is 5.37. The smallest absolute Gasteiger partial charge is 0.270 e. The van der Waals surface area contributed by atoms with Crippen LogP contribution >= 0.6 is 0 Å². The molecule has 0 fully saturated rings. The Morgan fingerprint density at radius 3 is 1.11 bits per heavy atom. The molecule has 0 unspecified atom stereocenters. The number of carbonyl (C=O) groups is 4. The van der Waals surface area contributed by atoms with Crippen molar-refractivity contribution in [1.29, 1.82) is 0 Å². The molecule has 4 aromatic rings. The molecule has 35 heavy (non-hydrogen) atoms. The van der Waals surface area contributed by atoms with Crippen molar-refractivity contribution in [3.05, 3.63) is 123 Å². The molecule has 0 saturated heterocycles. The summed E-state index contributed by atoms with van der Waals surface area (Å²) in [6.07, 6.45) is 0. The second-order valence-corrected chi connectivity index (χ2v) is 7.94. The van der Waals surface area contributed by atoms with E-state index in [2.05, 4.69) is 0 Å². The number of hydrogen-bond donors (Lipinski definition) is 0. The summed E-state index contributed by atoms with van der Waals surface area (Å²) in [5.41, 5.74) is 4.15. The fourth-order valence-corrected chi connectivity index (χ4v) is 4.31. The number of ketones is 4. The van der Waals surface area contributed by atoms with Crippen LogP contribution in [0.4, 0.5) is 5.69 Å². The monoisotopic (exact) mass is 461 g/mol. The van der Waals surface area contributed by atoms with E-state index in [0.29, 0.717) is 27.8 Å². The van der Waals surface area contributed by atoms with Crippen molar-refractivity contribution in [2.24, 2.45) is 0 Å². The van der Waals surface area contributed by atoms with Crippen molar-refractivity contribution < 1.29 is 24.1 Å². The zero-order valence-corrected chi connectivity index (χ0v) is 18.1. The van der Waals surface area contributed by atoms with E-state index in [1.54, 1.807) is 48.5 Å². The molecule has 0 spiro atoms. The number of nitrogens with zero attached hydrogens (tertiary/aromatic N) is 1. The highest BCUT2D eigenvalue weighted by molar-refractivity contribution is 6.53. The van der Waals surface area contributed by atoms with Crippen LogP contribution < -0.4 is 0 Å². The van der Waals surface area contributed by atoms with Gasteiger partial charge in [0.05, 0.1) is 4.92 Å². The molecular weight excluding hydrogens is 446 g/mol. The van der Waals surface area contributed by atoms with E-state index < -0.39 is 28.1 Å². The number of fused-ring (bicyclic) bond motifs is 6. The van der Waals surface area contributed by atoms with Crippen LogP contribution in [0.2, 0.25) is 0 Å². The molecule has 2 aliphatic rings. The average molecular weight is 461 g/mol. The maximum atomic E-state index is 12.0. The Morgan fingerprint density at radius 2 is 0.743 bits per heavy atom. The minimum Gasteiger partial charge on any atom is -0.285 e. The summed E-state index contributed by atoms with van der Waals surface area (Å²) in [4.78, 5) is 57.7. The van der Waals surface area contributed by atoms with E-state index in [1.165, 1.54) is 12.1 Å². The summed E-state index contributed by atoms with van der Waals surface area (Å²) in [6, 6.07) is 25.2. The number of nitro groups is 1. The van der Waals surface area contributed by atoms with Crippen LogP contribution in [-0.2, 0) is 0 Å². The fourth-order valence-electron chi connectivity index (χ4n) is 4.31. The highest BCUT2D eigenvalue weighted by atomic mass is 16.6. The maximum absolute atomic E-state index is 12.0. The first-order chi connectivity index (χ1) is 16.9. The lowest BCUT2D eigenvalue weighted by atomic mass is 9.84. The Balaban J connectivity index is 0.000000147. The molecule has 0 heterocycles. The van der Waals surface area contributed by atoms with Gasteiger partial charge in [-0.25, -0.2) is 0 Å². The largest absolute Gasteiger partial charge is 0.285 e. The highest BCUT2D eigenvalue weighted by Gasteiger charge is 2.31. The molecular formula is C28H15NO6. The number of Topliss-reactive ketones (excluding diaryl/α,β-unsaturated/α-hetero) is 4. The minimum absolute atomic E-state index is 0.0953. The third-order valence-corrected chi connectivity index (χ3v) is 5.97. The third-order valence-electron chi connectivity index (χ3n) is 5.97. The number of non-ortho nitro benzene ring substituents is 1. The molecule has 0 N–H and O–H groups in total. The number of nitro benzene ring substituents is 1. The molecule has 6 rings (SSSR count). The van der Waals surface area contributed by atoms with Gasteiger partial charge in [-0.3, -0.25) is 29.3 Å². The summed E-state index contributed by atoms with van der Waals surface area (Å²) in [5.74, 6) is -2.13. The Kier molecular flexibility index (Phi) is 5.22. The molecule has 7 heteroatoms. The van der Waals surface area contributed by atoms with E-state index in [4.69, 9.17) is 0 Å². The molecule has 168 valence electrons. The maximum Gasteiger partial charge on any atom is 0.270 e. The molecule has 0 aromatic heterocycles. The predicted molar refractivity (Wildman–Crippen MR) is 128 cm³/mol. The molecule has 7 nitrogen and oxygen atoms in total. The second kappa shape index (κ2) is 8.39. The standard InChI is InChI=1S/C14H7NO4.C14H8O2/c16-13-11-4-2-1-3-9(11)10-6-5-8(15(18)19)7-12(10)14(13)17;15-13-11-7-3-1-5-9(11)10-6-2-4-8-12(10)14(13)16/h1-7H;1-8H. The SMILES string of the molecule is O=C1C(=O)c2cc([N+](=O)[O-])ccc2-c2ccccc21.O=C1C(=O)c2ccccc2-c2ccccc21. The molecule has 0 radical (unpaired) electrons. The first-order valence-electron chi connectivity index (χ1n) is 10.6. The van der Waals surface area contributed by atoms with Crippen molar-refractivity contribution in [1.82, 2.24) is 0 Å². The van der Waals surface area contributed by atoms with Gasteiger partial charge in [0, 0.05) is 34.4 Å². The first-order valence-corrected chi connectivity index (χ1v) is 10.6. The summed E-state index contributed by atoms with van der Waals surface area (Å²) >= 11 is 0. The van der Waals surface area contributed by atoms with E-state index in [1.807, 2.05) is 24.3 Å². The number of rotatable bonds is 1. The summed E-state index contributed by atoms with van der Waals surface area (Å²) < 4.78 is 0. The van der Waals surface area contributed by atoms with Crippen LogP contribution in [0.15, 0.2) is 91.0 Å². The van der Waals surface area contributed by atoms with Crippen molar-refractivity contribution in [3.63, 3.8) is 0 Å². The summed E-state index contributed by atoms with van der Waals surface area (Å²) in [6.45, 7) is 0. The molecule has 0 amide bonds. The normalized spacial score (nSPS) is 13.0. The van der Waals surface area contributed by atoms with Crippen LogP contribution in [0, 0.1) is 10.1 Å². The van der Waals surface area contributed by atoms with Crippen LogP contribution in [0.25, 0.3) is 22.3 Å². The molecule has 0 bridgehead atoms. The second-order valence-electron chi connectivity index (χ2n) is 7.94. The topological polar surface area (TPSA) is 111 Å². The van der Waals surface area contributed by atoms with Gasteiger partial charge in [-0.1, -0.05) is 72.8 Å². The fraction of sp³-hybridized carbons (Fsp3) is 0. The van der Waals surface area contributed by atoms with Crippen molar-refractivity contribution in [2.75, 3.05) is 0 Å². The molecule has 2 aliphatic carbocycles. The number of hydrogen-bond acceptors (Lipinski definition) is 6. The summed E-state index contributed by atoms with van der Waals surface area (Å²) in [7, 11) is 0. The lowest BCUT2D eigenvalue weighted by Crippen LogP contribution is -2.21. The molecule has 0 aliphatic heterocycles. The number of carbonyl (C=O) groups excluding carboxylic acids is 4. The van der Waals surface area contributed by atoms with Crippen LogP contribution in [0.3, 0.4) is 0 Å². The Bertz CT molecular complexity index is 1550. The minimum atomic E-state index is -0.697. The van der Waals surface area contributed by atoms with Gasteiger partial charge in [0.25, 0.3) is 5.69 Å². The van der Waals surface area contributed by atoms with Gasteiger partial charge in [0.15, 0.2) is 0 Å². The van der Waals surface area contributed by atoms with Crippen LogP contribution in [0.1, 0.15) is 41.4 Å². The highest BCUT2D eigenvalue weighted by Crippen LogP contribution is 2.35. The van der Waals surface area contributed by atoms with Gasteiger partial charge in [-0.2, -0.15) is 0 Å². The van der Waals surface area contributed by atoms with E-state index in [0.717, 1.165) is 17.2 Å². The van der Waals surface area contributed by atoms with Gasteiger partial charge in [0.2, 0.25) is 23.1 Å². The Hall–Kier alpha value is -5.04. The van der Waals surface area contributed by atoms with E-state index in [-0.39, 0.29) is 11.3 Å². The lowest BCUT2D eigenvalue weighted by molar-refractivity contribution is -0.384. The molecule has 0 saturated carbocycles. The van der Waals surface area contributed by atoms with Gasteiger partial charge >= 0.3 is 0 Å². The van der Waals surface area contributed by atoms with Gasteiger partial charge < -0.3 is 0 Å². The van der Waals surface area contributed by atoms with Gasteiger partial charge in [0.1, 0.15) is 0 Å². The molecule has 0 atom stereocenters. The van der Waals surface area contributed by atoms with Crippen molar-refractivity contribution in [3.8, 4) is 22.3 Å².